The molecule has 4 nitrogen and oxygen atoms in total. The van der Waals surface area contributed by atoms with Crippen LogP contribution in [0.1, 0.15) is 18.1 Å². The Balaban J connectivity index is 1.78. The summed E-state index contributed by atoms with van der Waals surface area (Å²) in [6.45, 7) is 4.28. The lowest BCUT2D eigenvalue weighted by atomic mass is 10.2. The van der Waals surface area contributed by atoms with Gasteiger partial charge in [-0.3, -0.25) is 0 Å². The van der Waals surface area contributed by atoms with Crippen molar-refractivity contribution >= 4 is 5.96 Å². The van der Waals surface area contributed by atoms with Crippen LogP contribution in [-0.4, -0.2) is 25.7 Å². The van der Waals surface area contributed by atoms with Crippen LogP contribution in [0.5, 0.6) is 0 Å². The minimum absolute atomic E-state index is 0.0593. The van der Waals surface area contributed by atoms with Crippen LogP contribution in [0, 0.1) is 11.6 Å². The molecule has 0 amide bonds. The summed E-state index contributed by atoms with van der Waals surface area (Å²) in [5, 5.41) is 6.17. The Morgan fingerprint density at radius 1 is 1.08 bits per heavy atom. The zero-order valence-corrected chi connectivity index (χ0v) is 14.3. The van der Waals surface area contributed by atoms with Crippen molar-refractivity contribution < 1.29 is 13.5 Å². The number of hydrogen-bond donors (Lipinski definition) is 2. The van der Waals surface area contributed by atoms with Crippen molar-refractivity contribution in [2.75, 3.05) is 19.7 Å². The van der Waals surface area contributed by atoms with Gasteiger partial charge in [0.2, 0.25) is 0 Å². The van der Waals surface area contributed by atoms with E-state index < -0.39 is 11.6 Å². The Morgan fingerprint density at radius 3 is 2.64 bits per heavy atom. The largest absolute Gasteiger partial charge is 0.375 e. The molecule has 0 fully saturated rings. The van der Waals surface area contributed by atoms with Crippen LogP contribution in [0.25, 0.3) is 0 Å². The summed E-state index contributed by atoms with van der Waals surface area (Å²) >= 11 is 0. The summed E-state index contributed by atoms with van der Waals surface area (Å²) in [7, 11) is 0. The van der Waals surface area contributed by atoms with Crippen molar-refractivity contribution in [2.24, 2.45) is 4.99 Å². The van der Waals surface area contributed by atoms with E-state index in [2.05, 4.69) is 15.6 Å². The first kappa shape index (κ1) is 18.9. The Bertz CT molecular complexity index is 678. The lowest BCUT2D eigenvalue weighted by Crippen LogP contribution is -2.39. The summed E-state index contributed by atoms with van der Waals surface area (Å²) in [5.74, 6) is -0.402. The van der Waals surface area contributed by atoms with E-state index >= 15 is 0 Å². The maximum Gasteiger partial charge on any atom is 0.191 e. The normalized spacial score (nSPS) is 11.4. The fraction of sp³-hybridized carbons (Fsp3) is 0.316. The topological polar surface area (TPSA) is 45.7 Å². The minimum atomic E-state index is -0.473. The first-order valence-corrected chi connectivity index (χ1v) is 8.27. The van der Waals surface area contributed by atoms with Gasteiger partial charge < -0.3 is 15.4 Å². The first-order valence-electron chi connectivity index (χ1n) is 8.27. The van der Waals surface area contributed by atoms with E-state index in [-0.39, 0.29) is 12.1 Å². The van der Waals surface area contributed by atoms with Crippen molar-refractivity contribution in [1.82, 2.24) is 10.6 Å². The summed E-state index contributed by atoms with van der Waals surface area (Å²) < 4.78 is 32.4. The fourth-order valence-corrected chi connectivity index (χ4v) is 2.18. The van der Waals surface area contributed by atoms with Gasteiger partial charge in [0, 0.05) is 18.7 Å². The van der Waals surface area contributed by atoms with Gasteiger partial charge in [0.15, 0.2) is 5.96 Å². The predicted octanol–water partition coefficient (Wildman–Crippen LogP) is 3.24. The van der Waals surface area contributed by atoms with E-state index in [1.807, 2.05) is 37.3 Å². The number of hydrogen-bond acceptors (Lipinski definition) is 2. The molecule has 0 saturated heterocycles. The van der Waals surface area contributed by atoms with Gasteiger partial charge in [0.05, 0.1) is 19.8 Å². The smallest absolute Gasteiger partial charge is 0.191 e. The summed E-state index contributed by atoms with van der Waals surface area (Å²) in [6.07, 6.45) is 0. The molecule has 134 valence electrons. The number of guanidine groups is 1. The fourth-order valence-electron chi connectivity index (χ4n) is 2.18. The number of aliphatic imine (C=N–C) groups is 1. The molecule has 6 heteroatoms. The van der Waals surface area contributed by atoms with E-state index in [0.717, 1.165) is 23.8 Å². The molecular formula is C19H23F2N3O. The van der Waals surface area contributed by atoms with Crippen LogP contribution < -0.4 is 10.6 Å². The summed E-state index contributed by atoms with van der Waals surface area (Å²) in [4.78, 5) is 4.27. The molecule has 0 spiro atoms. The van der Waals surface area contributed by atoms with Crippen LogP contribution in [0.15, 0.2) is 53.5 Å². The molecule has 0 radical (unpaired) electrons. The zero-order chi connectivity index (χ0) is 17.9. The maximum atomic E-state index is 13.6. The van der Waals surface area contributed by atoms with Gasteiger partial charge in [-0.25, -0.2) is 13.8 Å². The number of nitrogens with zero attached hydrogens (tertiary/aromatic N) is 1. The van der Waals surface area contributed by atoms with Crippen LogP contribution in [-0.2, 0) is 17.9 Å². The van der Waals surface area contributed by atoms with Crippen molar-refractivity contribution in [2.45, 2.75) is 20.1 Å². The molecule has 0 bridgehead atoms. The molecule has 0 aromatic heterocycles. The molecule has 2 aromatic rings. The molecule has 2 N–H and O–H groups in total. The molecule has 25 heavy (non-hydrogen) atoms. The third-order valence-corrected chi connectivity index (χ3v) is 3.41. The highest BCUT2D eigenvalue weighted by molar-refractivity contribution is 5.79. The van der Waals surface area contributed by atoms with Crippen LogP contribution in [0.2, 0.25) is 0 Å². The number of rotatable bonds is 8. The maximum absolute atomic E-state index is 13.6. The van der Waals surface area contributed by atoms with Crippen molar-refractivity contribution in [3.05, 3.63) is 71.3 Å². The third kappa shape index (κ3) is 6.89. The van der Waals surface area contributed by atoms with E-state index in [1.165, 1.54) is 0 Å². The molecule has 2 aromatic carbocycles. The average molecular weight is 347 g/mol. The van der Waals surface area contributed by atoms with E-state index in [0.29, 0.717) is 32.3 Å². The average Bonchev–Trinajstić information content (AvgIpc) is 2.62. The Kier molecular flexibility index (Phi) is 7.85. The standard InChI is InChI=1S/C19H23F2N3O/c1-2-22-19(24-13-16-12-17(20)8-9-18(16)21)23-10-11-25-14-15-6-4-3-5-7-15/h3-9,12H,2,10-11,13-14H2,1H3,(H2,22,23,24). The quantitative estimate of drug-likeness (QED) is 0.438. The van der Waals surface area contributed by atoms with Crippen molar-refractivity contribution in [3.8, 4) is 0 Å². The lowest BCUT2D eigenvalue weighted by Gasteiger charge is -2.12. The second-order valence-corrected chi connectivity index (χ2v) is 5.40. The van der Waals surface area contributed by atoms with Gasteiger partial charge in [-0.05, 0) is 30.7 Å². The second-order valence-electron chi connectivity index (χ2n) is 5.40. The van der Waals surface area contributed by atoms with Crippen LogP contribution in [0.3, 0.4) is 0 Å². The minimum Gasteiger partial charge on any atom is -0.375 e. The van der Waals surface area contributed by atoms with Gasteiger partial charge in [0.1, 0.15) is 11.6 Å². The zero-order valence-electron chi connectivity index (χ0n) is 14.3. The molecule has 0 atom stereocenters. The molecule has 0 saturated carbocycles. The second kappa shape index (κ2) is 10.4. The van der Waals surface area contributed by atoms with Gasteiger partial charge in [-0.15, -0.1) is 0 Å². The highest BCUT2D eigenvalue weighted by Gasteiger charge is 2.04. The SMILES string of the molecule is CCNC(=NCc1cc(F)ccc1F)NCCOCc1ccccc1. The Labute approximate surface area is 146 Å². The monoisotopic (exact) mass is 347 g/mol. The van der Waals surface area contributed by atoms with Crippen molar-refractivity contribution in [1.29, 1.82) is 0 Å². The van der Waals surface area contributed by atoms with Gasteiger partial charge >= 0.3 is 0 Å². The number of benzene rings is 2. The lowest BCUT2D eigenvalue weighted by molar-refractivity contribution is 0.125. The van der Waals surface area contributed by atoms with E-state index in [1.54, 1.807) is 0 Å². The van der Waals surface area contributed by atoms with Gasteiger partial charge in [-0.1, -0.05) is 30.3 Å². The molecule has 0 aliphatic heterocycles. The predicted molar refractivity (Wildman–Crippen MR) is 95.3 cm³/mol. The summed E-state index contributed by atoms with van der Waals surface area (Å²) in [6, 6.07) is 13.3. The molecule has 0 heterocycles. The molecule has 0 aliphatic carbocycles. The number of ether oxygens (including phenoxy) is 1. The Hall–Kier alpha value is -2.47. The van der Waals surface area contributed by atoms with E-state index in [9.17, 15) is 8.78 Å². The molecule has 0 aliphatic rings. The van der Waals surface area contributed by atoms with Gasteiger partial charge in [-0.2, -0.15) is 0 Å². The first-order chi connectivity index (χ1) is 12.2. The number of nitrogens with one attached hydrogen (secondary N) is 2. The van der Waals surface area contributed by atoms with Crippen molar-refractivity contribution in [3.63, 3.8) is 0 Å². The van der Waals surface area contributed by atoms with Gasteiger partial charge in [0.25, 0.3) is 0 Å². The van der Waals surface area contributed by atoms with E-state index in [4.69, 9.17) is 4.74 Å². The highest BCUT2D eigenvalue weighted by atomic mass is 19.1. The molecule has 0 unspecified atom stereocenters. The van der Waals surface area contributed by atoms with Crippen LogP contribution in [0.4, 0.5) is 8.78 Å². The number of halogens is 2. The molecule has 2 rings (SSSR count). The summed E-state index contributed by atoms with van der Waals surface area (Å²) in [5.41, 5.74) is 1.34. The Morgan fingerprint density at radius 2 is 1.88 bits per heavy atom. The molecular weight excluding hydrogens is 324 g/mol. The third-order valence-electron chi connectivity index (χ3n) is 3.41. The van der Waals surface area contributed by atoms with Crippen LogP contribution >= 0.6 is 0 Å². The highest BCUT2D eigenvalue weighted by Crippen LogP contribution is 2.10.